The Morgan fingerprint density at radius 3 is 1.30 bits per heavy atom. The van der Waals surface area contributed by atoms with Crippen molar-refractivity contribution < 1.29 is 37.2 Å². The zero-order chi connectivity index (χ0) is 21.1. The molecule has 0 aromatic rings. The Balaban J connectivity index is 2.87. The fraction of sp³-hybridized carbons (Fsp3) is 0.778. The Morgan fingerprint density at radius 2 is 1.04 bits per heavy atom. The second-order valence-electron chi connectivity index (χ2n) is 8.76. The van der Waals surface area contributed by atoms with Gasteiger partial charge in [0.15, 0.2) is 0 Å². The van der Waals surface area contributed by atoms with Crippen molar-refractivity contribution in [3.63, 3.8) is 0 Å². The molecule has 8 nitrogen and oxygen atoms in total. The van der Waals surface area contributed by atoms with Crippen molar-refractivity contribution in [3.8, 4) is 0 Å². The van der Waals surface area contributed by atoms with E-state index in [9.17, 15) is 9.59 Å². The first-order valence-electron chi connectivity index (χ1n) is 8.73. The van der Waals surface area contributed by atoms with Crippen molar-refractivity contribution in [2.45, 2.75) is 77.8 Å². The van der Waals surface area contributed by atoms with E-state index < -0.39 is 41.9 Å². The van der Waals surface area contributed by atoms with Crippen LogP contribution in [0.25, 0.3) is 0 Å². The monoisotopic (exact) mass is 406 g/mol. The number of ether oxygens (including phenoxy) is 2. The van der Waals surface area contributed by atoms with Gasteiger partial charge in [0.1, 0.15) is 0 Å². The van der Waals surface area contributed by atoms with Crippen LogP contribution in [0, 0.1) is 0 Å². The fourth-order valence-corrected chi connectivity index (χ4v) is 8.26. The van der Waals surface area contributed by atoms with Gasteiger partial charge in [-0.25, -0.2) is 0 Å². The maximum absolute atomic E-state index is 12.8. The number of hydrogen-bond donors (Lipinski definition) is 0. The number of rotatable bonds is 3. The molecule has 2 rings (SSSR count). The van der Waals surface area contributed by atoms with Crippen LogP contribution in [0.1, 0.15) is 55.4 Å². The Morgan fingerprint density at radius 1 is 0.704 bits per heavy atom. The van der Waals surface area contributed by atoms with E-state index in [1.807, 2.05) is 55.4 Å². The van der Waals surface area contributed by atoms with Gasteiger partial charge in [-0.05, 0) is 0 Å². The molecule has 0 aliphatic carbocycles. The van der Waals surface area contributed by atoms with Crippen LogP contribution >= 0.6 is 7.51 Å². The zero-order valence-corrected chi connectivity index (χ0v) is 18.7. The number of carbonyl (C=O) groups is 2. The van der Waals surface area contributed by atoms with Gasteiger partial charge < -0.3 is 0 Å². The average molecular weight is 406 g/mol. The molecule has 1 spiro atoms. The number of esters is 2. The normalized spacial score (nSPS) is 30.3. The molecular weight excluding hydrogens is 375 g/mol. The molecule has 2 aliphatic rings. The van der Waals surface area contributed by atoms with Crippen molar-refractivity contribution in [1.29, 1.82) is 0 Å². The van der Waals surface area contributed by atoms with E-state index >= 15 is 0 Å². The van der Waals surface area contributed by atoms with Gasteiger partial charge in [0.05, 0.1) is 0 Å². The Kier molecular flexibility index (Phi) is 4.92. The van der Waals surface area contributed by atoms with Gasteiger partial charge in [-0.1, -0.05) is 0 Å². The molecule has 0 N–H and O–H groups in total. The van der Waals surface area contributed by atoms with Gasteiger partial charge in [0, 0.05) is 0 Å². The summed E-state index contributed by atoms with van der Waals surface area (Å²) in [7, 11) is -2.38. The molecule has 0 unspecified atom stereocenters. The molecule has 0 amide bonds. The van der Waals surface area contributed by atoms with Crippen LogP contribution in [0.15, 0.2) is 11.4 Å². The Hall–Kier alpha value is -1.05. The van der Waals surface area contributed by atoms with E-state index in [0.29, 0.717) is 0 Å². The van der Waals surface area contributed by atoms with Crippen LogP contribution in [0.5, 0.6) is 0 Å². The molecule has 0 radical (unpaired) electrons. The predicted octanol–water partition coefficient (Wildman–Crippen LogP) is 3.64. The standard InChI is InChI=1S/C18H31O8P/c1-15(2)16(3,4)24-27(23-15,25-17(5,6)18(7,8)26-27)12(14(20)22-10)11-13(19)21-9/h11H,1-10H3. The van der Waals surface area contributed by atoms with E-state index in [0.717, 1.165) is 6.08 Å². The molecule has 0 aromatic heterocycles. The summed E-state index contributed by atoms with van der Waals surface area (Å²) in [5.74, 6) is -1.63. The van der Waals surface area contributed by atoms with E-state index in [-0.39, 0.29) is 5.31 Å². The summed E-state index contributed by atoms with van der Waals surface area (Å²) < 4.78 is 35.2. The van der Waals surface area contributed by atoms with Crippen LogP contribution < -0.4 is 0 Å². The van der Waals surface area contributed by atoms with E-state index in [1.54, 1.807) is 0 Å². The summed E-state index contributed by atoms with van der Waals surface area (Å²) in [6, 6.07) is 0. The van der Waals surface area contributed by atoms with Crippen LogP contribution in [-0.4, -0.2) is 48.6 Å². The molecule has 27 heavy (non-hydrogen) atoms. The van der Waals surface area contributed by atoms with Gasteiger partial charge in [-0.15, -0.1) is 0 Å². The second-order valence-corrected chi connectivity index (χ2v) is 11.6. The van der Waals surface area contributed by atoms with Crippen molar-refractivity contribution >= 4 is 19.4 Å². The van der Waals surface area contributed by atoms with Crippen molar-refractivity contribution in [1.82, 2.24) is 0 Å². The maximum atomic E-state index is 12.8. The van der Waals surface area contributed by atoms with Crippen LogP contribution in [0.2, 0.25) is 0 Å². The van der Waals surface area contributed by atoms with Crippen molar-refractivity contribution in [2.24, 2.45) is 0 Å². The van der Waals surface area contributed by atoms with E-state index in [1.165, 1.54) is 14.2 Å². The molecule has 0 bridgehead atoms. The van der Waals surface area contributed by atoms with Crippen LogP contribution in [-0.2, 0) is 37.2 Å². The molecular formula is C18H31O8P. The minimum absolute atomic E-state index is 0.257. The van der Waals surface area contributed by atoms with E-state index in [4.69, 9.17) is 27.6 Å². The predicted molar refractivity (Wildman–Crippen MR) is 99.7 cm³/mol. The molecule has 0 saturated carbocycles. The molecule has 2 saturated heterocycles. The summed E-state index contributed by atoms with van der Waals surface area (Å²) in [6.07, 6.45) is 0.971. The average Bonchev–Trinajstić information content (AvgIpc) is 2.74. The summed E-state index contributed by atoms with van der Waals surface area (Å²) in [5, 5.41) is -0.257. The quantitative estimate of drug-likeness (QED) is 0.399. The third-order valence-corrected chi connectivity index (χ3v) is 9.87. The Labute approximate surface area is 160 Å². The summed E-state index contributed by atoms with van der Waals surface area (Å²) in [5.41, 5.74) is -3.59. The first-order chi connectivity index (χ1) is 12.0. The number of methoxy groups -OCH3 is 2. The summed E-state index contributed by atoms with van der Waals surface area (Å²) in [4.78, 5) is 24.8. The number of carbonyl (C=O) groups excluding carboxylic acids is 2. The van der Waals surface area contributed by atoms with Crippen LogP contribution in [0.3, 0.4) is 0 Å². The topological polar surface area (TPSA) is 89.5 Å². The Bertz CT molecular complexity index is 629. The summed E-state index contributed by atoms with van der Waals surface area (Å²) >= 11 is 0. The van der Waals surface area contributed by atoms with E-state index in [2.05, 4.69) is 0 Å². The van der Waals surface area contributed by atoms with Gasteiger partial charge in [-0.3, -0.25) is 0 Å². The molecule has 2 fully saturated rings. The molecule has 2 aliphatic heterocycles. The SMILES string of the molecule is COC(=O)C=C(C(=O)OC)P12(OC(C)(C)C(C)(C)O1)OC(C)(C)C(C)(C)O2. The molecule has 156 valence electrons. The molecule has 0 atom stereocenters. The van der Waals surface area contributed by atoms with Gasteiger partial charge in [0.25, 0.3) is 0 Å². The third-order valence-electron chi connectivity index (χ3n) is 5.69. The summed E-state index contributed by atoms with van der Waals surface area (Å²) in [6.45, 7) is 14.5. The van der Waals surface area contributed by atoms with Gasteiger partial charge >= 0.3 is 160 Å². The fourth-order valence-electron chi connectivity index (χ4n) is 2.91. The van der Waals surface area contributed by atoms with Crippen LogP contribution in [0.4, 0.5) is 0 Å². The second kappa shape index (κ2) is 5.97. The zero-order valence-electron chi connectivity index (χ0n) is 17.8. The minimum atomic E-state index is -4.78. The van der Waals surface area contributed by atoms with Gasteiger partial charge in [0.2, 0.25) is 0 Å². The third kappa shape index (κ3) is 3.12. The molecule has 2 heterocycles. The number of hydrogen-bond acceptors (Lipinski definition) is 8. The first-order valence-corrected chi connectivity index (χ1v) is 10.6. The first kappa shape index (κ1) is 22.2. The molecule has 9 heteroatoms. The van der Waals surface area contributed by atoms with Crippen molar-refractivity contribution in [3.05, 3.63) is 11.4 Å². The van der Waals surface area contributed by atoms with Gasteiger partial charge in [-0.2, -0.15) is 0 Å². The molecule has 0 aromatic carbocycles. The van der Waals surface area contributed by atoms with Crippen molar-refractivity contribution in [2.75, 3.05) is 14.2 Å².